The number of hydrogen-bond donors (Lipinski definition) is 1. The fourth-order valence-electron chi connectivity index (χ4n) is 2.90. The van der Waals surface area contributed by atoms with Gasteiger partial charge in [0.05, 0.1) is 0 Å². The Morgan fingerprint density at radius 2 is 1.73 bits per heavy atom. The van der Waals surface area contributed by atoms with Crippen LogP contribution in [-0.4, -0.2) is 17.0 Å². The van der Waals surface area contributed by atoms with Gasteiger partial charge in [0, 0.05) is 25.2 Å². The van der Waals surface area contributed by atoms with E-state index in [1.54, 1.807) is 0 Å². The van der Waals surface area contributed by atoms with E-state index in [0.717, 1.165) is 19.6 Å². The third-order valence-electron chi connectivity index (χ3n) is 4.18. The van der Waals surface area contributed by atoms with Gasteiger partial charge in [0.1, 0.15) is 0 Å². The van der Waals surface area contributed by atoms with Crippen molar-refractivity contribution in [1.82, 2.24) is 4.90 Å². The van der Waals surface area contributed by atoms with Crippen LogP contribution in [0.4, 0.5) is 0 Å². The van der Waals surface area contributed by atoms with Crippen molar-refractivity contribution >= 4 is 0 Å². The van der Waals surface area contributed by atoms with E-state index >= 15 is 0 Å². The molecule has 2 N–H and O–H groups in total. The lowest BCUT2D eigenvalue weighted by molar-refractivity contribution is 0.0198. The molecule has 0 bridgehead atoms. The second-order valence-corrected chi connectivity index (χ2v) is 4.91. The quantitative estimate of drug-likeness (QED) is 0.793. The fraction of sp³-hybridized carbons (Fsp3) is 0.538. The monoisotopic (exact) mass is 202 g/mol. The van der Waals surface area contributed by atoms with E-state index in [4.69, 9.17) is 5.73 Å². The summed E-state index contributed by atoms with van der Waals surface area (Å²) in [6.45, 7) is 3.03. The molecule has 1 fully saturated rings. The van der Waals surface area contributed by atoms with Crippen LogP contribution in [0.3, 0.4) is 0 Å². The van der Waals surface area contributed by atoms with Gasteiger partial charge in [0.15, 0.2) is 0 Å². The van der Waals surface area contributed by atoms with Crippen molar-refractivity contribution in [2.24, 2.45) is 5.73 Å². The normalized spacial score (nSPS) is 23.5. The summed E-state index contributed by atoms with van der Waals surface area (Å²) in [6, 6.07) is 8.77. The molecule has 0 aromatic heterocycles. The highest BCUT2D eigenvalue weighted by atomic mass is 15.2. The smallest absolute Gasteiger partial charge is 0.0338 e. The van der Waals surface area contributed by atoms with E-state index in [9.17, 15) is 0 Å². The molecular formula is C13H18N2. The summed E-state index contributed by atoms with van der Waals surface area (Å²) in [5, 5.41) is 0. The maximum atomic E-state index is 5.94. The molecule has 2 aliphatic rings. The van der Waals surface area contributed by atoms with E-state index in [1.807, 2.05) is 0 Å². The van der Waals surface area contributed by atoms with E-state index in [-0.39, 0.29) is 0 Å². The van der Waals surface area contributed by atoms with Gasteiger partial charge in [0.2, 0.25) is 0 Å². The lowest BCUT2D eigenvalue weighted by Gasteiger charge is -2.48. The summed E-state index contributed by atoms with van der Waals surface area (Å²) in [5.74, 6) is 0. The highest BCUT2D eigenvalue weighted by molar-refractivity contribution is 5.31. The molecule has 1 aliphatic heterocycles. The van der Waals surface area contributed by atoms with Crippen LogP contribution in [0.2, 0.25) is 0 Å². The van der Waals surface area contributed by atoms with Crippen LogP contribution in [-0.2, 0) is 13.1 Å². The van der Waals surface area contributed by atoms with Gasteiger partial charge in [-0.3, -0.25) is 4.90 Å². The van der Waals surface area contributed by atoms with Crippen molar-refractivity contribution in [3.05, 3.63) is 35.4 Å². The Morgan fingerprint density at radius 1 is 1.13 bits per heavy atom. The molecule has 1 aromatic carbocycles. The minimum atomic E-state index is 0.332. The van der Waals surface area contributed by atoms with Crippen LogP contribution < -0.4 is 5.73 Å². The zero-order valence-corrected chi connectivity index (χ0v) is 9.08. The molecule has 0 unspecified atom stereocenters. The number of nitrogens with two attached hydrogens (primary N) is 1. The van der Waals surface area contributed by atoms with Gasteiger partial charge in [-0.15, -0.1) is 0 Å². The van der Waals surface area contributed by atoms with Crippen LogP contribution in [0, 0.1) is 0 Å². The van der Waals surface area contributed by atoms with Gasteiger partial charge in [-0.25, -0.2) is 0 Å². The second kappa shape index (κ2) is 3.32. The van der Waals surface area contributed by atoms with Gasteiger partial charge >= 0.3 is 0 Å². The molecule has 80 valence electrons. The van der Waals surface area contributed by atoms with Gasteiger partial charge in [-0.05, 0) is 30.4 Å². The minimum Gasteiger partial charge on any atom is -0.329 e. The lowest BCUT2D eigenvalue weighted by Crippen LogP contribution is -2.56. The third-order valence-corrected chi connectivity index (χ3v) is 4.18. The van der Waals surface area contributed by atoms with Crippen LogP contribution in [0.15, 0.2) is 24.3 Å². The van der Waals surface area contributed by atoms with Crippen molar-refractivity contribution in [3.63, 3.8) is 0 Å². The van der Waals surface area contributed by atoms with Crippen molar-refractivity contribution in [3.8, 4) is 0 Å². The summed E-state index contributed by atoms with van der Waals surface area (Å²) in [7, 11) is 0. The first kappa shape index (κ1) is 9.37. The molecule has 1 heterocycles. The summed E-state index contributed by atoms with van der Waals surface area (Å²) in [5.41, 5.74) is 9.27. The Bertz CT molecular complexity index is 338. The van der Waals surface area contributed by atoms with Gasteiger partial charge in [-0.1, -0.05) is 24.3 Å². The van der Waals surface area contributed by atoms with Gasteiger partial charge in [-0.2, -0.15) is 0 Å². The van der Waals surface area contributed by atoms with E-state index in [0.29, 0.717) is 5.54 Å². The Labute approximate surface area is 91.1 Å². The van der Waals surface area contributed by atoms with Crippen molar-refractivity contribution in [1.29, 1.82) is 0 Å². The predicted molar refractivity (Wildman–Crippen MR) is 61.3 cm³/mol. The van der Waals surface area contributed by atoms with E-state index in [2.05, 4.69) is 29.2 Å². The SMILES string of the molecule is NCC1(N2Cc3ccccc3C2)CCC1. The van der Waals surface area contributed by atoms with Crippen LogP contribution >= 0.6 is 0 Å². The number of benzene rings is 1. The highest BCUT2D eigenvalue weighted by Crippen LogP contribution is 2.41. The topological polar surface area (TPSA) is 29.3 Å². The van der Waals surface area contributed by atoms with E-state index < -0.39 is 0 Å². The molecule has 2 heteroatoms. The minimum absolute atomic E-state index is 0.332. The number of nitrogens with zero attached hydrogens (tertiary/aromatic N) is 1. The average Bonchev–Trinajstić information content (AvgIpc) is 2.60. The molecule has 1 saturated carbocycles. The zero-order chi connectivity index (χ0) is 10.3. The summed E-state index contributed by atoms with van der Waals surface area (Å²) >= 11 is 0. The zero-order valence-electron chi connectivity index (χ0n) is 9.08. The average molecular weight is 202 g/mol. The third kappa shape index (κ3) is 1.32. The first-order valence-corrected chi connectivity index (χ1v) is 5.86. The molecular weight excluding hydrogens is 184 g/mol. The van der Waals surface area contributed by atoms with Crippen LogP contribution in [0.5, 0.6) is 0 Å². The van der Waals surface area contributed by atoms with Crippen molar-refractivity contribution in [2.75, 3.05) is 6.54 Å². The standard InChI is InChI=1S/C13H18N2/c14-10-13(6-3-7-13)15-8-11-4-1-2-5-12(11)9-15/h1-2,4-5H,3,6-10,14H2. The predicted octanol–water partition coefficient (Wildman–Crippen LogP) is 1.88. The van der Waals surface area contributed by atoms with Crippen molar-refractivity contribution in [2.45, 2.75) is 37.9 Å². The largest absolute Gasteiger partial charge is 0.329 e. The molecule has 0 radical (unpaired) electrons. The Morgan fingerprint density at radius 3 is 2.13 bits per heavy atom. The number of hydrogen-bond acceptors (Lipinski definition) is 2. The molecule has 1 aliphatic carbocycles. The van der Waals surface area contributed by atoms with Crippen LogP contribution in [0.1, 0.15) is 30.4 Å². The van der Waals surface area contributed by atoms with Gasteiger partial charge in [0.25, 0.3) is 0 Å². The Kier molecular flexibility index (Phi) is 2.08. The van der Waals surface area contributed by atoms with Crippen molar-refractivity contribution < 1.29 is 0 Å². The highest BCUT2D eigenvalue weighted by Gasteiger charge is 2.43. The lowest BCUT2D eigenvalue weighted by atomic mass is 9.75. The second-order valence-electron chi connectivity index (χ2n) is 4.91. The first-order valence-electron chi connectivity index (χ1n) is 5.86. The molecule has 0 amide bonds. The Balaban J connectivity index is 1.83. The van der Waals surface area contributed by atoms with E-state index in [1.165, 1.54) is 30.4 Å². The molecule has 1 aromatic rings. The molecule has 0 atom stereocenters. The van der Waals surface area contributed by atoms with Gasteiger partial charge < -0.3 is 5.73 Å². The number of rotatable bonds is 2. The summed E-state index contributed by atoms with van der Waals surface area (Å²) in [4.78, 5) is 2.58. The van der Waals surface area contributed by atoms with Crippen LogP contribution in [0.25, 0.3) is 0 Å². The number of fused-ring (bicyclic) bond motifs is 1. The molecule has 0 saturated heterocycles. The molecule has 3 rings (SSSR count). The summed E-state index contributed by atoms with van der Waals surface area (Å²) < 4.78 is 0. The molecule has 2 nitrogen and oxygen atoms in total. The fourth-order valence-corrected chi connectivity index (χ4v) is 2.90. The summed E-state index contributed by atoms with van der Waals surface area (Å²) in [6.07, 6.45) is 3.93. The molecule has 0 spiro atoms. The first-order chi connectivity index (χ1) is 7.34. The molecule has 15 heavy (non-hydrogen) atoms. The maximum Gasteiger partial charge on any atom is 0.0338 e. The Hall–Kier alpha value is -0.860. The maximum absolute atomic E-state index is 5.94.